The van der Waals surface area contributed by atoms with Gasteiger partial charge in [0.2, 0.25) is 17.7 Å². The first-order valence-corrected chi connectivity index (χ1v) is 10.2. The molecule has 1 N–H and O–H groups in total. The average molecular weight is 399 g/mol. The Morgan fingerprint density at radius 3 is 2.55 bits per heavy atom. The summed E-state index contributed by atoms with van der Waals surface area (Å²) in [4.78, 5) is 41.2. The summed E-state index contributed by atoms with van der Waals surface area (Å²) in [6.07, 6.45) is 4.73. The number of nitrogens with zero attached hydrogens (tertiary/aromatic N) is 2. The number of morpholine rings is 1. The number of ether oxygens (including phenoxy) is 1. The van der Waals surface area contributed by atoms with Crippen LogP contribution in [0.25, 0.3) is 6.08 Å². The molecule has 2 unspecified atom stereocenters. The van der Waals surface area contributed by atoms with Gasteiger partial charge in [-0.3, -0.25) is 14.4 Å². The van der Waals surface area contributed by atoms with Gasteiger partial charge < -0.3 is 19.9 Å². The van der Waals surface area contributed by atoms with Crippen molar-refractivity contribution in [3.63, 3.8) is 0 Å². The number of carbonyl (C=O) groups excluding carboxylic acids is 3. The molecule has 1 aromatic rings. The van der Waals surface area contributed by atoms with Crippen LogP contribution in [-0.4, -0.2) is 73.0 Å². The first-order valence-electron chi connectivity index (χ1n) is 10.2. The number of hydrogen-bond acceptors (Lipinski definition) is 4. The van der Waals surface area contributed by atoms with Crippen LogP contribution < -0.4 is 5.32 Å². The predicted octanol–water partition coefficient (Wildman–Crippen LogP) is 1.30. The van der Waals surface area contributed by atoms with Crippen LogP contribution >= 0.6 is 0 Å². The molecule has 3 amide bonds. The van der Waals surface area contributed by atoms with Gasteiger partial charge in [0.15, 0.2) is 0 Å². The molecule has 0 bridgehead atoms. The normalized spacial score (nSPS) is 21.1. The number of piperidine rings is 1. The van der Waals surface area contributed by atoms with Crippen LogP contribution in [-0.2, 0) is 19.1 Å². The fraction of sp³-hybridized carbons (Fsp3) is 0.500. The van der Waals surface area contributed by atoms with Crippen molar-refractivity contribution in [2.45, 2.75) is 25.8 Å². The number of likely N-dealkylation sites (tertiary alicyclic amines) is 1. The molecule has 0 aromatic heterocycles. The smallest absolute Gasteiger partial charge is 0.244 e. The van der Waals surface area contributed by atoms with Crippen molar-refractivity contribution in [3.05, 3.63) is 42.0 Å². The molecule has 3 rings (SSSR count). The highest BCUT2D eigenvalue weighted by molar-refractivity contribution is 5.95. The number of amides is 3. The quantitative estimate of drug-likeness (QED) is 0.757. The molecule has 2 fully saturated rings. The molecule has 7 nitrogen and oxygen atoms in total. The Hall–Kier alpha value is -2.67. The minimum Gasteiger partial charge on any atom is -0.378 e. The van der Waals surface area contributed by atoms with Gasteiger partial charge in [0.05, 0.1) is 19.1 Å². The minimum atomic E-state index is -0.639. The molecule has 1 aromatic carbocycles. The molecule has 156 valence electrons. The maximum atomic E-state index is 12.8. The number of nitrogens with one attached hydrogen (secondary N) is 1. The van der Waals surface area contributed by atoms with Crippen LogP contribution in [0.4, 0.5) is 0 Å². The van der Waals surface area contributed by atoms with Crippen LogP contribution in [0.2, 0.25) is 0 Å². The van der Waals surface area contributed by atoms with Gasteiger partial charge in [-0.15, -0.1) is 0 Å². The van der Waals surface area contributed by atoms with Gasteiger partial charge in [-0.25, -0.2) is 0 Å². The highest BCUT2D eigenvalue weighted by Crippen LogP contribution is 2.20. The molecule has 0 radical (unpaired) electrons. The second kappa shape index (κ2) is 10.2. The van der Waals surface area contributed by atoms with Gasteiger partial charge in [0, 0.05) is 32.3 Å². The SMILES string of the molecule is CC(NC(=O)C=Cc1ccccc1)C(=O)N1CCCC(C(=O)N2CCOCC2)C1. The molecule has 2 heterocycles. The molecule has 0 spiro atoms. The van der Waals surface area contributed by atoms with E-state index in [0.29, 0.717) is 39.4 Å². The van der Waals surface area contributed by atoms with E-state index in [4.69, 9.17) is 4.74 Å². The molecule has 2 aliphatic heterocycles. The summed E-state index contributed by atoms with van der Waals surface area (Å²) in [7, 11) is 0. The standard InChI is InChI=1S/C22H29N3O4/c1-17(23-20(26)10-9-18-6-3-2-4-7-18)21(27)25-11-5-8-19(16-25)22(28)24-12-14-29-15-13-24/h2-4,6-7,9-10,17,19H,5,8,11-16H2,1H3,(H,23,26). The molecule has 2 saturated heterocycles. The first kappa shape index (κ1) is 21.0. The lowest BCUT2D eigenvalue weighted by Crippen LogP contribution is -2.53. The summed E-state index contributed by atoms with van der Waals surface area (Å²) in [5, 5.41) is 2.73. The van der Waals surface area contributed by atoms with Crippen molar-refractivity contribution in [2.24, 2.45) is 5.92 Å². The van der Waals surface area contributed by atoms with Gasteiger partial charge in [0.1, 0.15) is 6.04 Å². The lowest BCUT2D eigenvalue weighted by Gasteiger charge is -2.37. The Kier molecular flexibility index (Phi) is 7.41. The van der Waals surface area contributed by atoms with Crippen LogP contribution in [0.15, 0.2) is 36.4 Å². The zero-order valence-corrected chi connectivity index (χ0v) is 16.9. The van der Waals surface area contributed by atoms with Gasteiger partial charge in [0.25, 0.3) is 0 Å². The predicted molar refractivity (Wildman–Crippen MR) is 110 cm³/mol. The number of benzene rings is 1. The number of rotatable bonds is 5. The van der Waals surface area contributed by atoms with Crippen LogP contribution in [0.5, 0.6) is 0 Å². The van der Waals surface area contributed by atoms with Gasteiger partial charge in [-0.05, 0) is 31.4 Å². The fourth-order valence-electron chi connectivity index (χ4n) is 3.75. The van der Waals surface area contributed by atoms with E-state index in [9.17, 15) is 14.4 Å². The average Bonchev–Trinajstić information content (AvgIpc) is 2.78. The number of carbonyl (C=O) groups is 3. The maximum Gasteiger partial charge on any atom is 0.244 e. The van der Waals surface area contributed by atoms with Crippen molar-refractivity contribution in [2.75, 3.05) is 39.4 Å². The maximum absolute atomic E-state index is 12.8. The van der Waals surface area contributed by atoms with Crippen molar-refractivity contribution in [1.82, 2.24) is 15.1 Å². The van der Waals surface area contributed by atoms with Crippen LogP contribution in [0, 0.1) is 5.92 Å². The summed E-state index contributed by atoms with van der Waals surface area (Å²) in [5.74, 6) is -0.529. The molecule has 0 aliphatic carbocycles. The molecule has 2 aliphatic rings. The zero-order chi connectivity index (χ0) is 20.6. The van der Waals surface area contributed by atoms with Gasteiger partial charge in [-0.2, -0.15) is 0 Å². The molecule has 2 atom stereocenters. The van der Waals surface area contributed by atoms with Crippen molar-refractivity contribution >= 4 is 23.8 Å². The summed E-state index contributed by atoms with van der Waals surface area (Å²) in [6.45, 7) is 5.08. The molecule has 0 saturated carbocycles. The van der Waals surface area contributed by atoms with E-state index in [1.165, 1.54) is 6.08 Å². The van der Waals surface area contributed by atoms with E-state index in [1.54, 1.807) is 17.9 Å². The van der Waals surface area contributed by atoms with E-state index in [0.717, 1.165) is 18.4 Å². The van der Waals surface area contributed by atoms with Crippen molar-refractivity contribution in [1.29, 1.82) is 0 Å². The van der Waals surface area contributed by atoms with Gasteiger partial charge in [-0.1, -0.05) is 30.3 Å². The minimum absolute atomic E-state index is 0.105. The fourth-order valence-corrected chi connectivity index (χ4v) is 3.75. The summed E-state index contributed by atoms with van der Waals surface area (Å²) in [5.41, 5.74) is 0.919. The highest BCUT2D eigenvalue weighted by Gasteiger charge is 2.33. The van der Waals surface area contributed by atoms with Crippen LogP contribution in [0.3, 0.4) is 0 Å². The third-order valence-corrected chi connectivity index (χ3v) is 5.36. The first-order chi connectivity index (χ1) is 14.0. The highest BCUT2D eigenvalue weighted by atomic mass is 16.5. The largest absolute Gasteiger partial charge is 0.378 e. The molecular weight excluding hydrogens is 370 g/mol. The van der Waals surface area contributed by atoms with Gasteiger partial charge >= 0.3 is 0 Å². The third-order valence-electron chi connectivity index (χ3n) is 5.36. The van der Waals surface area contributed by atoms with Crippen molar-refractivity contribution in [3.8, 4) is 0 Å². The Labute approximate surface area is 171 Å². The third kappa shape index (κ3) is 5.90. The number of hydrogen-bond donors (Lipinski definition) is 1. The van der Waals surface area contributed by atoms with Crippen molar-refractivity contribution < 1.29 is 19.1 Å². The Morgan fingerprint density at radius 1 is 1.10 bits per heavy atom. The van der Waals surface area contributed by atoms with E-state index in [2.05, 4.69) is 5.32 Å². The second-order valence-electron chi connectivity index (χ2n) is 7.54. The molecule has 7 heteroatoms. The zero-order valence-electron chi connectivity index (χ0n) is 16.9. The van der Waals surface area contributed by atoms with E-state index >= 15 is 0 Å². The Balaban J connectivity index is 1.51. The van der Waals surface area contributed by atoms with E-state index < -0.39 is 6.04 Å². The Morgan fingerprint density at radius 2 is 1.83 bits per heavy atom. The Bertz CT molecular complexity index is 744. The molecular formula is C22H29N3O4. The van der Waals surface area contributed by atoms with E-state index in [1.807, 2.05) is 35.2 Å². The lowest BCUT2D eigenvalue weighted by molar-refractivity contribution is -0.145. The van der Waals surface area contributed by atoms with E-state index in [-0.39, 0.29) is 23.6 Å². The lowest BCUT2D eigenvalue weighted by atomic mass is 9.95. The summed E-state index contributed by atoms with van der Waals surface area (Å²) >= 11 is 0. The monoisotopic (exact) mass is 399 g/mol. The summed E-state index contributed by atoms with van der Waals surface area (Å²) in [6, 6.07) is 8.87. The topological polar surface area (TPSA) is 79.0 Å². The molecule has 29 heavy (non-hydrogen) atoms. The second-order valence-corrected chi connectivity index (χ2v) is 7.54. The van der Waals surface area contributed by atoms with Crippen LogP contribution in [0.1, 0.15) is 25.3 Å². The summed E-state index contributed by atoms with van der Waals surface area (Å²) < 4.78 is 5.31.